The SMILES string of the molecule is Fc1ccc(CN2CCN(c3nccc(-c4cccnc4)n3)CC2)c(F)c1. The fourth-order valence-corrected chi connectivity index (χ4v) is 3.17. The van der Waals surface area contributed by atoms with E-state index in [1.165, 1.54) is 12.1 Å². The number of nitrogens with zero attached hydrogens (tertiary/aromatic N) is 5. The number of pyridine rings is 1. The van der Waals surface area contributed by atoms with Crippen molar-refractivity contribution < 1.29 is 8.78 Å². The van der Waals surface area contributed by atoms with Crippen LogP contribution in [0.1, 0.15) is 5.56 Å². The average molecular weight is 367 g/mol. The first-order valence-corrected chi connectivity index (χ1v) is 8.84. The molecule has 0 N–H and O–H groups in total. The Balaban J connectivity index is 1.41. The van der Waals surface area contributed by atoms with Crippen LogP contribution in [0.25, 0.3) is 11.3 Å². The quantitative estimate of drug-likeness (QED) is 0.709. The van der Waals surface area contributed by atoms with Gasteiger partial charge in [0.1, 0.15) is 11.6 Å². The number of aromatic nitrogens is 3. The van der Waals surface area contributed by atoms with Crippen LogP contribution in [0.4, 0.5) is 14.7 Å². The van der Waals surface area contributed by atoms with E-state index in [0.29, 0.717) is 18.1 Å². The third-order valence-electron chi connectivity index (χ3n) is 4.66. The molecule has 1 aliphatic heterocycles. The first-order valence-electron chi connectivity index (χ1n) is 8.84. The summed E-state index contributed by atoms with van der Waals surface area (Å²) < 4.78 is 26.9. The Morgan fingerprint density at radius 1 is 0.963 bits per heavy atom. The number of halogens is 2. The van der Waals surface area contributed by atoms with Gasteiger partial charge < -0.3 is 4.90 Å². The van der Waals surface area contributed by atoms with Gasteiger partial charge in [-0.2, -0.15) is 0 Å². The standard InChI is InChI=1S/C20H19F2N5/c21-17-4-3-16(18(22)12-17)14-26-8-10-27(11-9-26)20-24-7-5-19(25-20)15-2-1-6-23-13-15/h1-7,12-13H,8-11,14H2. The van der Waals surface area contributed by atoms with Crippen LogP contribution in [0.2, 0.25) is 0 Å². The van der Waals surface area contributed by atoms with Crippen molar-refractivity contribution in [2.75, 3.05) is 31.1 Å². The van der Waals surface area contributed by atoms with E-state index in [1.54, 1.807) is 18.6 Å². The van der Waals surface area contributed by atoms with E-state index in [1.807, 2.05) is 18.2 Å². The molecule has 1 aromatic carbocycles. The fourth-order valence-electron chi connectivity index (χ4n) is 3.17. The molecule has 3 heterocycles. The van der Waals surface area contributed by atoms with Crippen LogP contribution >= 0.6 is 0 Å². The van der Waals surface area contributed by atoms with Crippen molar-refractivity contribution >= 4 is 5.95 Å². The third kappa shape index (κ3) is 4.09. The van der Waals surface area contributed by atoms with Crippen LogP contribution in [-0.2, 0) is 6.54 Å². The molecule has 4 rings (SSSR count). The second-order valence-corrected chi connectivity index (χ2v) is 6.48. The molecule has 1 fully saturated rings. The molecule has 0 unspecified atom stereocenters. The largest absolute Gasteiger partial charge is 0.338 e. The molecule has 0 bridgehead atoms. The highest BCUT2D eigenvalue weighted by atomic mass is 19.1. The Kier molecular flexibility index (Phi) is 5.02. The predicted molar refractivity (Wildman–Crippen MR) is 99.1 cm³/mol. The molecule has 0 saturated carbocycles. The summed E-state index contributed by atoms with van der Waals surface area (Å²) in [6.45, 7) is 3.49. The molecule has 27 heavy (non-hydrogen) atoms. The Morgan fingerprint density at radius 3 is 2.56 bits per heavy atom. The van der Waals surface area contributed by atoms with E-state index in [2.05, 4.69) is 24.8 Å². The van der Waals surface area contributed by atoms with Crippen molar-refractivity contribution in [1.29, 1.82) is 0 Å². The molecule has 0 radical (unpaired) electrons. The molecule has 2 aromatic heterocycles. The van der Waals surface area contributed by atoms with Gasteiger partial charge in [0, 0.05) is 68.5 Å². The molecule has 3 aromatic rings. The van der Waals surface area contributed by atoms with Crippen molar-refractivity contribution in [3.05, 3.63) is 72.2 Å². The fraction of sp³-hybridized carbons (Fsp3) is 0.250. The highest BCUT2D eigenvalue weighted by Gasteiger charge is 2.20. The summed E-state index contributed by atoms with van der Waals surface area (Å²) in [5.74, 6) is -0.361. The summed E-state index contributed by atoms with van der Waals surface area (Å²) in [6, 6.07) is 9.46. The summed E-state index contributed by atoms with van der Waals surface area (Å²) in [4.78, 5) is 17.5. The van der Waals surface area contributed by atoms with E-state index in [-0.39, 0.29) is 0 Å². The number of anilines is 1. The van der Waals surface area contributed by atoms with Crippen molar-refractivity contribution in [2.24, 2.45) is 0 Å². The van der Waals surface area contributed by atoms with Crippen LogP contribution in [0.3, 0.4) is 0 Å². The van der Waals surface area contributed by atoms with Crippen LogP contribution in [0.5, 0.6) is 0 Å². The van der Waals surface area contributed by atoms with Gasteiger partial charge in [-0.1, -0.05) is 6.07 Å². The Morgan fingerprint density at radius 2 is 1.81 bits per heavy atom. The minimum Gasteiger partial charge on any atom is -0.338 e. The maximum atomic E-state index is 13.9. The summed E-state index contributed by atoms with van der Waals surface area (Å²) in [7, 11) is 0. The zero-order valence-electron chi connectivity index (χ0n) is 14.7. The van der Waals surface area contributed by atoms with E-state index in [9.17, 15) is 8.78 Å². The van der Waals surface area contributed by atoms with Crippen LogP contribution in [0, 0.1) is 11.6 Å². The monoisotopic (exact) mass is 367 g/mol. The van der Waals surface area contributed by atoms with E-state index in [4.69, 9.17) is 0 Å². The van der Waals surface area contributed by atoms with Gasteiger partial charge in [-0.3, -0.25) is 9.88 Å². The highest BCUT2D eigenvalue weighted by molar-refractivity contribution is 5.58. The van der Waals surface area contributed by atoms with Gasteiger partial charge in [-0.15, -0.1) is 0 Å². The Bertz CT molecular complexity index is 911. The average Bonchev–Trinajstić information content (AvgIpc) is 2.71. The zero-order chi connectivity index (χ0) is 18.6. The van der Waals surface area contributed by atoms with Crippen LogP contribution < -0.4 is 4.90 Å². The molecular formula is C20H19F2N5. The highest BCUT2D eigenvalue weighted by Crippen LogP contribution is 2.19. The van der Waals surface area contributed by atoms with Gasteiger partial charge in [0.2, 0.25) is 5.95 Å². The van der Waals surface area contributed by atoms with Gasteiger partial charge in [0.25, 0.3) is 0 Å². The Labute approximate surface area is 156 Å². The van der Waals surface area contributed by atoms with E-state index in [0.717, 1.165) is 43.5 Å². The molecule has 0 aliphatic carbocycles. The minimum atomic E-state index is -0.549. The lowest BCUT2D eigenvalue weighted by molar-refractivity contribution is 0.245. The maximum Gasteiger partial charge on any atom is 0.225 e. The first kappa shape index (κ1) is 17.5. The number of benzene rings is 1. The van der Waals surface area contributed by atoms with Gasteiger partial charge in [-0.25, -0.2) is 18.7 Å². The maximum absolute atomic E-state index is 13.9. The lowest BCUT2D eigenvalue weighted by Crippen LogP contribution is -2.46. The number of rotatable bonds is 4. The normalized spacial score (nSPS) is 15.1. The van der Waals surface area contributed by atoms with Crippen molar-refractivity contribution in [3.8, 4) is 11.3 Å². The zero-order valence-corrected chi connectivity index (χ0v) is 14.7. The summed E-state index contributed by atoms with van der Waals surface area (Å²) in [6.07, 6.45) is 5.26. The molecule has 0 atom stereocenters. The number of hydrogen-bond acceptors (Lipinski definition) is 5. The summed E-state index contributed by atoms with van der Waals surface area (Å²) >= 11 is 0. The predicted octanol–water partition coefficient (Wildman–Crippen LogP) is 3.14. The van der Waals surface area contributed by atoms with Crippen LogP contribution in [0.15, 0.2) is 55.0 Å². The van der Waals surface area contributed by atoms with Gasteiger partial charge in [-0.05, 0) is 24.3 Å². The van der Waals surface area contributed by atoms with E-state index < -0.39 is 11.6 Å². The molecule has 138 valence electrons. The first-order chi connectivity index (χ1) is 13.2. The molecule has 7 heteroatoms. The number of hydrogen-bond donors (Lipinski definition) is 0. The third-order valence-corrected chi connectivity index (χ3v) is 4.66. The van der Waals surface area contributed by atoms with Gasteiger partial charge in [0.05, 0.1) is 5.69 Å². The topological polar surface area (TPSA) is 45.2 Å². The van der Waals surface area contributed by atoms with Gasteiger partial charge >= 0.3 is 0 Å². The molecule has 5 nitrogen and oxygen atoms in total. The molecule has 0 spiro atoms. The molecule has 1 aliphatic rings. The molecule has 1 saturated heterocycles. The van der Waals surface area contributed by atoms with Gasteiger partial charge in [0.15, 0.2) is 0 Å². The van der Waals surface area contributed by atoms with Crippen molar-refractivity contribution in [1.82, 2.24) is 19.9 Å². The van der Waals surface area contributed by atoms with Crippen LogP contribution in [-0.4, -0.2) is 46.0 Å². The smallest absolute Gasteiger partial charge is 0.225 e. The minimum absolute atomic E-state index is 0.469. The Hall–Kier alpha value is -2.93. The number of piperazine rings is 1. The van der Waals surface area contributed by atoms with E-state index >= 15 is 0 Å². The second kappa shape index (κ2) is 7.75. The summed E-state index contributed by atoms with van der Waals surface area (Å²) in [5.41, 5.74) is 2.30. The summed E-state index contributed by atoms with van der Waals surface area (Å²) in [5, 5.41) is 0. The lowest BCUT2D eigenvalue weighted by atomic mass is 10.2. The lowest BCUT2D eigenvalue weighted by Gasteiger charge is -2.34. The second-order valence-electron chi connectivity index (χ2n) is 6.48. The molecular weight excluding hydrogens is 348 g/mol. The van der Waals surface area contributed by atoms with Crippen molar-refractivity contribution in [3.63, 3.8) is 0 Å². The van der Waals surface area contributed by atoms with Crippen molar-refractivity contribution in [2.45, 2.75) is 6.54 Å². The molecule has 0 amide bonds.